The van der Waals surface area contributed by atoms with Gasteiger partial charge in [-0.05, 0) is 45.1 Å². The van der Waals surface area contributed by atoms with Gasteiger partial charge in [0.05, 0.1) is 5.75 Å². The van der Waals surface area contributed by atoms with E-state index in [-0.39, 0.29) is 29.2 Å². The van der Waals surface area contributed by atoms with E-state index in [1.165, 1.54) is 24.3 Å². The molecule has 0 heterocycles. The van der Waals surface area contributed by atoms with Gasteiger partial charge < -0.3 is 15.9 Å². The minimum absolute atomic E-state index is 0.0342. The van der Waals surface area contributed by atoms with E-state index in [4.69, 9.17) is 10.6 Å². The summed E-state index contributed by atoms with van der Waals surface area (Å²) in [5.41, 5.74) is 5.14. The first-order valence-corrected chi connectivity index (χ1v) is 11.2. The third kappa shape index (κ3) is 6.97. The number of benzene rings is 1. The standard InChI is InChI=1S/C19H28F2N4O3S/c1-3-29(26,27)23-13-15-9-11-17(12-10-15)24-14(2)28-25-18(22)19(20,21)16-7-5-4-6-8-16/h4-8,15,17,23-24H,2-3,9-13H2,1H3,(H2,22,25). The number of amidine groups is 1. The van der Waals surface area contributed by atoms with E-state index in [9.17, 15) is 17.2 Å². The number of halogens is 2. The first kappa shape index (κ1) is 23.1. The van der Waals surface area contributed by atoms with Crippen molar-refractivity contribution in [3.8, 4) is 0 Å². The fourth-order valence-electron chi connectivity index (χ4n) is 3.07. The van der Waals surface area contributed by atoms with Crippen LogP contribution in [-0.4, -0.2) is 32.6 Å². The van der Waals surface area contributed by atoms with Crippen molar-refractivity contribution in [2.45, 2.75) is 44.6 Å². The predicted molar refractivity (Wildman–Crippen MR) is 109 cm³/mol. The first-order chi connectivity index (χ1) is 13.6. The molecule has 10 heteroatoms. The van der Waals surface area contributed by atoms with E-state index in [2.05, 4.69) is 21.8 Å². The van der Waals surface area contributed by atoms with E-state index in [0.717, 1.165) is 25.7 Å². The van der Waals surface area contributed by atoms with Crippen molar-refractivity contribution >= 4 is 15.9 Å². The molecule has 0 atom stereocenters. The molecule has 0 aromatic heterocycles. The monoisotopic (exact) mass is 430 g/mol. The van der Waals surface area contributed by atoms with Crippen molar-refractivity contribution < 1.29 is 22.0 Å². The van der Waals surface area contributed by atoms with Crippen LogP contribution >= 0.6 is 0 Å². The molecule has 1 aromatic rings. The highest BCUT2D eigenvalue weighted by Gasteiger charge is 2.37. The average molecular weight is 431 g/mol. The van der Waals surface area contributed by atoms with Gasteiger partial charge in [0.2, 0.25) is 21.7 Å². The summed E-state index contributed by atoms with van der Waals surface area (Å²) in [6.07, 6.45) is 3.21. The van der Waals surface area contributed by atoms with Crippen molar-refractivity contribution in [3.05, 3.63) is 48.4 Å². The van der Waals surface area contributed by atoms with Crippen molar-refractivity contribution in [3.63, 3.8) is 0 Å². The second-order valence-corrected chi connectivity index (χ2v) is 9.14. The fraction of sp³-hybridized carbons (Fsp3) is 0.526. The van der Waals surface area contributed by atoms with Crippen molar-refractivity contribution in [2.24, 2.45) is 16.8 Å². The number of nitrogens with one attached hydrogen (secondary N) is 2. The Labute approximate surface area is 170 Å². The van der Waals surface area contributed by atoms with Gasteiger partial charge in [-0.25, -0.2) is 13.1 Å². The minimum atomic E-state index is -3.45. The highest BCUT2D eigenvalue weighted by Crippen LogP contribution is 2.28. The predicted octanol–water partition coefficient (Wildman–Crippen LogP) is 2.63. The molecule has 1 aliphatic rings. The maximum Gasteiger partial charge on any atom is 0.332 e. The van der Waals surface area contributed by atoms with Crippen LogP contribution in [-0.2, 0) is 20.8 Å². The lowest BCUT2D eigenvalue weighted by atomic mass is 9.86. The van der Waals surface area contributed by atoms with Crippen LogP contribution in [0.15, 0.2) is 47.9 Å². The summed E-state index contributed by atoms with van der Waals surface area (Å²) in [7, 11) is -3.19. The van der Waals surface area contributed by atoms with Crippen molar-refractivity contribution in [2.75, 3.05) is 12.3 Å². The summed E-state index contributed by atoms with van der Waals surface area (Å²) in [5, 5.41) is 6.33. The third-order valence-corrected chi connectivity index (χ3v) is 6.26. The molecule has 29 heavy (non-hydrogen) atoms. The molecule has 1 aliphatic carbocycles. The second-order valence-electron chi connectivity index (χ2n) is 7.05. The summed E-state index contributed by atoms with van der Waals surface area (Å²) in [4.78, 5) is 4.93. The zero-order chi connectivity index (χ0) is 21.5. The summed E-state index contributed by atoms with van der Waals surface area (Å²) >= 11 is 0. The van der Waals surface area contributed by atoms with Gasteiger partial charge >= 0.3 is 5.92 Å². The van der Waals surface area contributed by atoms with Gasteiger partial charge in [0, 0.05) is 18.2 Å². The van der Waals surface area contributed by atoms with Gasteiger partial charge in [0.15, 0.2) is 0 Å². The largest absolute Gasteiger partial charge is 0.379 e. The summed E-state index contributed by atoms with van der Waals surface area (Å²) in [5.74, 6) is -4.05. The topological polar surface area (TPSA) is 106 Å². The zero-order valence-corrected chi connectivity index (χ0v) is 17.2. The summed E-state index contributed by atoms with van der Waals surface area (Å²) in [6, 6.07) is 7.17. The maximum absolute atomic E-state index is 14.2. The number of hydrogen-bond acceptors (Lipinski definition) is 5. The number of alkyl halides is 2. The molecule has 7 nitrogen and oxygen atoms in total. The first-order valence-electron chi connectivity index (χ1n) is 9.51. The Hall–Kier alpha value is -2.20. The number of nitrogens with two attached hydrogens (primary N) is 1. The van der Waals surface area contributed by atoms with Gasteiger partial charge in [-0.3, -0.25) is 0 Å². The molecule has 0 radical (unpaired) electrons. The number of hydrogen-bond donors (Lipinski definition) is 3. The molecule has 0 saturated heterocycles. The molecule has 0 unspecified atom stereocenters. The van der Waals surface area contributed by atoms with Crippen LogP contribution in [0, 0.1) is 5.92 Å². The molecule has 0 aliphatic heterocycles. The van der Waals surface area contributed by atoms with Gasteiger partial charge in [-0.2, -0.15) is 8.78 Å². The van der Waals surface area contributed by atoms with Crippen LogP contribution < -0.4 is 15.8 Å². The van der Waals surface area contributed by atoms with Crippen LogP contribution in [0.5, 0.6) is 0 Å². The Morgan fingerprint density at radius 3 is 2.48 bits per heavy atom. The quantitative estimate of drug-likeness (QED) is 0.229. The number of oxime groups is 1. The molecule has 162 valence electrons. The number of nitrogens with zero attached hydrogens (tertiary/aromatic N) is 1. The molecular weight excluding hydrogens is 402 g/mol. The van der Waals surface area contributed by atoms with Crippen LogP contribution in [0.1, 0.15) is 38.2 Å². The third-order valence-electron chi connectivity index (χ3n) is 4.90. The van der Waals surface area contributed by atoms with Crippen molar-refractivity contribution in [1.29, 1.82) is 0 Å². The molecule has 2 rings (SSSR count). The summed E-state index contributed by atoms with van der Waals surface area (Å²) < 4.78 is 54.1. The SMILES string of the molecule is C=C(NC1CCC(CNS(=O)(=O)CC)CC1)O/N=C(\N)C(F)(F)c1ccccc1. The highest BCUT2D eigenvalue weighted by atomic mass is 32.2. The lowest BCUT2D eigenvalue weighted by Gasteiger charge is -2.29. The molecule has 1 aromatic carbocycles. The number of rotatable bonds is 10. The van der Waals surface area contributed by atoms with Crippen molar-refractivity contribution in [1.82, 2.24) is 10.0 Å². The minimum Gasteiger partial charge on any atom is -0.379 e. The summed E-state index contributed by atoms with van der Waals surface area (Å²) in [6.45, 7) is 5.67. The van der Waals surface area contributed by atoms with E-state index >= 15 is 0 Å². The van der Waals surface area contributed by atoms with Gasteiger partial charge in [0.1, 0.15) is 0 Å². The highest BCUT2D eigenvalue weighted by molar-refractivity contribution is 7.89. The van der Waals surface area contributed by atoms with E-state index < -0.39 is 21.8 Å². The lowest BCUT2D eigenvalue weighted by molar-refractivity contribution is 0.0668. The fourth-order valence-corrected chi connectivity index (χ4v) is 3.76. The Bertz CT molecular complexity index is 808. The maximum atomic E-state index is 14.2. The molecule has 1 saturated carbocycles. The van der Waals surface area contributed by atoms with E-state index in [1.807, 2.05) is 0 Å². The molecular formula is C19H28F2N4O3S. The average Bonchev–Trinajstić information content (AvgIpc) is 2.72. The smallest absolute Gasteiger partial charge is 0.332 e. The lowest BCUT2D eigenvalue weighted by Crippen LogP contribution is -2.37. The van der Waals surface area contributed by atoms with Crippen LogP contribution in [0.25, 0.3) is 0 Å². The van der Waals surface area contributed by atoms with Crippen LogP contribution in [0.3, 0.4) is 0 Å². The van der Waals surface area contributed by atoms with E-state index in [0.29, 0.717) is 6.54 Å². The van der Waals surface area contributed by atoms with Crippen LogP contribution in [0.4, 0.5) is 8.78 Å². The Balaban J connectivity index is 1.78. The Morgan fingerprint density at radius 1 is 1.28 bits per heavy atom. The molecule has 0 spiro atoms. The Morgan fingerprint density at radius 2 is 1.90 bits per heavy atom. The normalized spacial score (nSPS) is 20.9. The van der Waals surface area contributed by atoms with E-state index in [1.54, 1.807) is 13.0 Å². The number of sulfonamides is 1. The second kappa shape index (κ2) is 10.0. The van der Waals surface area contributed by atoms with Crippen LogP contribution in [0.2, 0.25) is 0 Å². The van der Waals surface area contributed by atoms with Gasteiger partial charge in [0.25, 0.3) is 0 Å². The molecule has 0 bridgehead atoms. The molecule has 0 amide bonds. The molecule has 1 fully saturated rings. The van der Waals surface area contributed by atoms with Gasteiger partial charge in [-0.1, -0.05) is 35.5 Å². The molecule has 4 N–H and O–H groups in total. The van der Waals surface area contributed by atoms with Gasteiger partial charge in [-0.15, -0.1) is 0 Å². The zero-order valence-electron chi connectivity index (χ0n) is 16.4. The Kier molecular flexibility index (Phi) is 7.97.